The number of fused-ring (bicyclic) bond motifs is 1. The Morgan fingerprint density at radius 3 is 2.58 bits per heavy atom. The Balaban J connectivity index is 1.44. The third kappa shape index (κ3) is 7.35. The minimum Gasteiger partial charge on any atom is -0.495 e. The maximum Gasteiger partial charge on any atom is 0.255 e. The van der Waals surface area contributed by atoms with Crippen molar-refractivity contribution >= 4 is 40.9 Å². The molecule has 2 N–H and O–H groups in total. The van der Waals surface area contributed by atoms with E-state index in [-0.39, 0.29) is 5.91 Å². The summed E-state index contributed by atoms with van der Waals surface area (Å²) in [4.78, 5) is 18.7. The van der Waals surface area contributed by atoms with Gasteiger partial charge in [-0.1, -0.05) is 92.0 Å². The van der Waals surface area contributed by atoms with Crippen molar-refractivity contribution in [3.63, 3.8) is 0 Å². The van der Waals surface area contributed by atoms with Gasteiger partial charge in [-0.25, -0.2) is 4.68 Å². The largest absolute Gasteiger partial charge is 0.495 e. The average Bonchev–Trinajstić information content (AvgIpc) is 3.42. The fourth-order valence-corrected chi connectivity index (χ4v) is 6.07. The predicted octanol–water partition coefficient (Wildman–Crippen LogP) is 8.12. The number of nitrogens with one attached hydrogen (secondary N) is 2. The van der Waals surface area contributed by atoms with E-state index in [2.05, 4.69) is 17.6 Å². The lowest BCUT2D eigenvalue weighted by atomic mass is 9.95. The summed E-state index contributed by atoms with van der Waals surface area (Å²) in [5.41, 5.74) is 3.69. The van der Waals surface area contributed by atoms with Gasteiger partial charge in [-0.2, -0.15) is 4.98 Å². The first-order chi connectivity index (χ1) is 21.0. The van der Waals surface area contributed by atoms with E-state index >= 15 is 0 Å². The second-order valence-corrected chi connectivity index (χ2v) is 11.6. The number of carbonyl (C=O) groups is 1. The molecule has 1 aliphatic rings. The van der Waals surface area contributed by atoms with Gasteiger partial charge in [0.2, 0.25) is 11.1 Å². The highest BCUT2D eigenvalue weighted by molar-refractivity contribution is 7.98. The first-order valence-corrected chi connectivity index (χ1v) is 15.8. The molecule has 5 rings (SSSR count). The molecule has 4 aromatic rings. The predicted molar refractivity (Wildman–Crippen MR) is 173 cm³/mol. The van der Waals surface area contributed by atoms with Gasteiger partial charge in [0, 0.05) is 16.5 Å². The van der Waals surface area contributed by atoms with Gasteiger partial charge in [-0.3, -0.25) is 4.79 Å². The quantitative estimate of drug-likeness (QED) is 0.116. The zero-order valence-corrected chi connectivity index (χ0v) is 26.2. The highest BCUT2D eigenvalue weighted by atomic mass is 35.5. The molecular formula is C33H36ClN5O3S. The molecule has 0 bridgehead atoms. The number of hydrogen-bond acceptors (Lipinski definition) is 7. The summed E-state index contributed by atoms with van der Waals surface area (Å²) in [5, 5.41) is 12.5. The van der Waals surface area contributed by atoms with Gasteiger partial charge in [0.15, 0.2) is 0 Å². The molecule has 1 atom stereocenters. The van der Waals surface area contributed by atoms with Gasteiger partial charge in [0.1, 0.15) is 17.5 Å². The average molecular weight is 618 g/mol. The number of methoxy groups -OCH3 is 1. The first kappa shape index (κ1) is 30.5. The van der Waals surface area contributed by atoms with E-state index in [1.165, 1.54) is 24.6 Å². The van der Waals surface area contributed by atoms with Gasteiger partial charge in [-0.15, -0.1) is 5.10 Å². The van der Waals surface area contributed by atoms with Crippen molar-refractivity contribution in [3.05, 3.63) is 100 Å². The number of thioether (sulfide) groups is 1. The van der Waals surface area contributed by atoms with Crippen LogP contribution in [0.25, 0.3) is 0 Å². The van der Waals surface area contributed by atoms with Gasteiger partial charge in [0.25, 0.3) is 5.91 Å². The normalized spacial score (nSPS) is 14.2. The third-order valence-corrected chi connectivity index (χ3v) is 8.47. The van der Waals surface area contributed by atoms with Crippen LogP contribution in [-0.4, -0.2) is 34.4 Å². The lowest BCUT2D eigenvalue weighted by Crippen LogP contribution is -2.31. The summed E-state index contributed by atoms with van der Waals surface area (Å²) in [7, 11) is 1.58. The molecule has 224 valence electrons. The Labute approximate surface area is 261 Å². The number of hydrogen-bond donors (Lipinski definition) is 2. The SMILES string of the molecule is CCCCCCOc1ccc(C2C(C(=O)Nc3ccccc3OC)=C(C)Nc3nc(SCc4ccccc4Cl)nn32)cc1. The summed E-state index contributed by atoms with van der Waals surface area (Å²) < 4.78 is 13.2. The molecule has 0 radical (unpaired) electrons. The number of halogens is 1. The van der Waals surface area contributed by atoms with Crippen molar-refractivity contribution in [1.82, 2.24) is 14.8 Å². The van der Waals surface area contributed by atoms with Crippen LogP contribution in [0.4, 0.5) is 11.6 Å². The summed E-state index contributed by atoms with van der Waals surface area (Å²) in [6, 6.07) is 22.4. The van der Waals surface area contributed by atoms with Gasteiger partial charge in [0.05, 0.1) is 25.0 Å². The molecule has 0 aliphatic carbocycles. The van der Waals surface area contributed by atoms with Gasteiger partial charge >= 0.3 is 0 Å². The number of allylic oxidation sites excluding steroid dienone is 1. The lowest BCUT2D eigenvalue weighted by molar-refractivity contribution is -0.113. The topological polar surface area (TPSA) is 90.3 Å². The van der Waals surface area contributed by atoms with E-state index in [9.17, 15) is 4.79 Å². The van der Waals surface area contributed by atoms with Crippen molar-refractivity contribution < 1.29 is 14.3 Å². The summed E-state index contributed by atoms with van der Waals surface area (Å²) in [6.07, 6.45) is 4.58. The fourth-order valence-electron chi connectivity index (χ4n) is 4.96. The Bertz CT molecular complexity index is 1590. The summed E-state index contributed by atoms with van der Waals surface area (Å²) in [5.74, 6) is 2.29. The molecule has 1 aliphatic heterocycles. The summed E-state index contributed by atoms with van der Waals surface area (Å²) >= 11 is 7.87. The van der Waals surface area contributed by atoms with E-state index in [1.807, 2.05) is 79.7 Å². The highest BCUT2D eigenvalue weighted by Gasteiger charge is 2.34. The molecule has 10 heteroatoms. The Hall–Kier alpha value is -3.95. The third-order valence-electron chi connectivity index (χ3n) is 7.21. The number of benzene rings is 3. The maximum absolute atomic E-state index is 13.9. The van der Waals surface area contributed by atoms with Crippen molar-refractivity contribution in [1.29, 1.82) is 0 Å². The number of unbranched alkanes of at least 4 members (excludes halogenated alkanes) is 3. The first-order valence-electron chi connectivity index (χ1n) is 14.5. The van der Waals surface area contributed by atoms with Crippen LogP contribution in [0.5, 0.6) is 11.5 Å². The monoisotopic (exact) mass is 617 g/mol. The summed E-state index contributed by atoms with van der Waals surface area (Å²) in [6.45, 7) is 4.76. The number of ether oxygens (including phenoxy) is 2. The number of carbonyl (C=O) groups excluding carboxylic acids is 1. The fraction of sp³-hybridized carbons (Fsp3) is 0.303. The van der Waals surface area contributed by atoms with Crippen LogP contribution in [-0.2, 0) is 10.5 Å². The van der Waals surface area contributed by atoms with Crippen LogP contribution in [0.1, 0.15) is 56.7 Å². The Morgan fingerprint density at radius 2 is 1.81 bits per heavy atom. The zero-order valence-electron chi connectivity index (χ0n) is 24.6. The molecule has 0 spiro atoms. The second kappa shape index (κ2) is 14.5. The van der Waals surface area contributed by atoms with Crippen LogP contribution in [0, 0.1) is 0 Å². The van der Waals surface area contributed by atoms with Crippen molar-refractivity contribution in [2.45, 2.75) is 56.5 Å². The van der Waals surface area contributed by atoms with E-state index in [0.29, 0.717) is 51.2 Å². The molecule has 0 saturated heterocycles. The molecular weight excluding hydrogens is 582 g/mol. The van der Waals surface area contributed by atoms with E-state index < -0.39 is 6.04 Å². The minimum atomic E-state index is -0.522. The van der Waals surface area contributed by atoms with Gasteiger partial charge in [-0.05, 0) is 54.8 Å². The molecule has 1 aromatic heterocycles. The molecule has 43 heavy (non-hydrogen) atoms. The maximum atomic E-state index is 13.9. The Morgan fingerprint density at radius 1 is 1.05 bits per heavy atom. The molecule has 2 heterocycles. The number of amides is 1. The number of aromatic nitrogens is 3. The van der Waals surface area contributed by atoms with E-state index in [0.717, 1.165) is 29.7 Å². The van der Waals surface area contributed by atoms with Crippen LogP contribution in [0.2, 0.25) is 5.02 Å². The number of rotatable bonds is 13. The van der Waals surface area contributed by atoms with Crippen molar-refractivity contribution in [3.8, 4) is 11.5 Å². The second-order valence-electron chi connectivity index (χ2n) is 10.2. The molecule has 8 nitrogen and oxygen atoms in total. The van der Waals surface area contributed by atoms with E-state index in [1.54, 1.807) is 11.8 Å². The van der Waals surface area contributed by atoms with Crippen molar-refractivity contribution in [2.75, 3.05) is 24.4 Å². The smallest absolute Gasteiger partial charge is 0.255 e. The number of para-hydroxylation sites is 2. The molecule has 3 aromatic carbocycles. The van der Waals surface area contributed by atoms with Crippen LogP contribution < -0.4 is 20.1 Å². The highest BCUT2D eigenvalue weighted by Crippen LogP contribution is 2.38. The standard InChI is InChI=1S/C33H36ClN5O3S/c1-4-5-6-11-20-42-25-18-16-23(17-19-25)30-29(31(40)36-27-14-9-10-15-28(27)41-3)22(2)35-32-37-33(38-39(30)32)43-21-24-12-7-8-13-26(24)34/h7-10,12-19,30H,4-6,11,20-21H2,1-3H3,(H,36,40)(H,35,37,38). The van der Waals surface area contributed by atoms with Crippen LogP contribution in [0.15, 0.2) is 89.2 Å². The molecule has 0 saturated carbocycles. The molecule has 1 amide bonds. The Kier molecular flexibility index (Phi) is 10.3. The number of nitrogens with zero attached hydrogens (tertiary/aromatic N) is 3. The minimum absolute atomic E-state index is 0.262. The molecule has 0 fully saturated rings. The van der Waals surface area contributed by atoms with E-state index in [4.69, 9.17) is 31.2 Å². The zero-order chi connectivity index (χ0) is 30.2. The van der Waals surface area contributed by atoms with Crippen LogP contribution in [0.3, 0.4) is 0 Å². The van der Waals surface area contributed by atoms with Crippen molar-refractivity contribution in [2.24, 2.45) is 0 Å². The van der Waals surface area contributed by atoms with Gasteiger partial charge < -0.3 is 20.1 Å². The number of anilines is 2. The van der Waals surface area contributed by atoms with Crippen LogP contribution >= 0.6 is 23.4 Å². The lowest BCUT2D eigenvalue weighted by Gasteiger charge is -2.29. The molecule has 1 unspecified atom stereocenters.